The number of halogens is 1. The number of carbonyl (C=O) groups excluding carboxylic acids is 1. The Hall–Kier alpha value is -3.36. The zero-order valence-electron chi connectivity index (χ0n) is 17.6. The van der Waals surface area contributed by atoms with Gasteiger partial charge in [-0.2, -0.15) is 0 Å². The monoisotopic (exact) mass is 433 g/mol. The number of benzene rings is 1. The fourth-order valence-corrected chi connectivity index (χ4v) is 4.13. The highest BCUT2D eigenvalue weighted by atomic mass is 19.1. The van der Waals surface area contributed by atoms with E-state index in [1.165, 1.54) is 17.2 Å². The summed E-state index contributed by atoms with van der Waals surface area (Å²) in [5.41, 5.74) is 4.11. The van der Waals surface area contributed by atoms with Crippen molar-refractivity contribution in [2.75, 3.05) is 31.6 Å². The fraction of sp³-hybridized carbons (Fsp3) is 0.292. The van der Waals surface area contributed by atoms with Crippen molar-refractivity contribution in [3.63, 3.8) is 0 Å². The van der Waals surface area contributed by atoms with E-state index in [1.54, 1.807) is 12.3 Å². The first-order chi connectivity index (χ1) is 15.6. The number of hydrogen-bond donors (Lipinski definition) is 1. The van der Waals surface area contributed by atoms with Gasteiger partial charge in [0.05, 0.1) is 43.5 Å². The van der Waals surface area contributed by atoms with Crippen LogP contribution in [0.4, 0.5) is 15.9 Å². The van der Waals surface area contributed by atoms with E-state index in [0.717, 1.165) is 30.7 Å². The van der Waals surface area contributed by atoms with Gasteiger partial charge in [0.2, 0.25) is 5.91 Å². The highest BCUT2D eigenvalue weighted by Crippen LogP contribution is 2.25. The average Bonchev–Trinajstić information content (AvgIpc) is 3.23. The Labute approximate surface area is 185 Å². The summed E-state index contributed by atoms with van der Waals surface area (Å²) >= 11 is 0. The van der Waals surface area contributed by atoms with Crippen LogP contribution in [-0.2, 0) is 22.6 Å². The molecule has 1 amide bonds. The first-order valence-electron chi connectivity index (χ1n) is 10.7. The van der Waals surface area contributed by atoms with Gasteiger partial charge in [-0.15, -0.1) is 0 Å². The van der Waals surface area contributed by atoms with Gasteiger partial charge in [0, 0.05) is 19.6 Å². The minimum atomic E-state index is -0.383. The van der Waals surface area contributed by atoms with Crippen molar-refractivity contribution in [2.45, 2.75) is 19.2 Å². The Balaban J connectivity index is 1.17. The molecular weight excluding hydrogens is 409 g/mol. The van der Waals surface area contributed by atoms with Crippen LogP contribution in [0.3, 0.4) is 0 Å². The van der Waals surface area contributed by atoms with Gasteiger partial charge in [0.1, 0.15) is 17.7 Å². The van der Waals surface area contributed by atoms with Gasteiger partial charge < -0.3 is 15.0 Å². The summed E-state index contributed by atoms with van der Waals surface area (Å²) in [6.07, 6.45) is 2.58. The zero-order chi connectivity index (χ0) is 21.9. The number of pyridine rings is 2. The minimum Gasteiger partial charge on any atom is -0.368 e. The van der Waals surface area contributed by atoms with Gasteiger partial charge in [0.15, 0.2) is 0 Å². The molecule has 1 saturated heterocycles. The molecule has 1 fully saturated rings. The van der Waals surface area contributed by atoms with Crippen LogP contribution >= 0.6 is 0 Å². The molecule has 0 bridgehead atoms. The van der Waals surface area contributed by atoms with Crippen molar-refractivity contribution < 1.29 is 13.9 Å². The van der Waals surface area contributed by atoms with Gasteiger partial charge in [-0.3, -0.25) is 14.7 Å². The molecule has 1 aromatic carbocycles. The number of ether oxygens (including phenoxy) is 1. The molecule has 32 heavy (non-hydrogen) atoms. The lowest BCUT2D eigenvalue weighted by molar-refractivity contribution is -0.140. The third-order valence-electron chi connectivity index (χ3n) is 5.80. The molecule has 1 N–H and O–H groups in total. The van der Waals surface area contributed by atoms with Gasteiger partial charge >= 0.3 is 0 Å². The van der Waals surface area contributed by atoms with E-state index in [2.05, 4.69) is 32.3 Å². The second-order valence-electron chi connectivity index (χ2n) is 8.07. The second kappa shape index (κ2) is 9.02. The highest BCUT2D eigenvalue weighted by Gasteiger charge is 2.28. The maximum Gasteiger partial charge on any atom is 0.236 e. The first kappa shape index (κ1) is 20.5. The summed E-state index contributed by atoms with van der Waals surface area (Å²) < 4.78 is 18.9. The summed E-state index contributed by atoms with van der Waals surface area (Å²) in [5.74, 6) is 0.273. The van der Waals surface area contributed by atoms with E-state index in [4.69, 9.17) is 4.74 Å². The second-order valence-corrected chi connectivity index (χ2v) is 8.07. The number of hydrogen-bond acceptors (Lipinski definition) is 6. The van der Waals surface area contributed by atoms with E-state index >= 15 is 0 Å². The minimum absolute atomic E-state index is 0.117. The summed E-state index contributed by atoms with van der Waals surface area (Å²) in [6.45, 7) is 3.59. The molecule has 4 heterocycles. The SMILES string of the molecule is O=C(CN1Cc2ccccc2C1)N1CCO[C@H](c2ccc(Nc3ccc(F)cn3)cn2)C1. The van der Waals surface area contributed by atoms with Crippen molar-refractivity contribution in [3.8, 4) is 0 Å². The van der Waals surface area contributed by atoms with Crippen LogP contribution in [-0.4, -0.2) is 51.9 Å². The Bertz CT molecular complexity index is 1070. The zero-order valence-corrected chi connectivity index (χ0v) is 17.6. The molecule has 3 aromatic rings. The van der Waals surface area contributed by atoms with E-state index in [9.17, 15) is 9.18 Å². The lowest BCUT2D eigenvalue weighted by Gasteiger charge is -2.33. The predicted octanol–water partition coefficient (Wildman–Crippen LogP) is 3.28. The topological polar surface area (TPSA) is 70.6 Å². The Morgan fingerprint density at radius 1 is 1.06 bits per heavy atom. The number of amides is 1. The Kier molecular flexibility index (Phi) is 5.79. The molecule has 0 saturated carbocycles. The largest absolute Gasteiger partial charge is 0.368 e. The third-order valence-corrected chi connectivity index (χ3v) is 5.80. The summed E-state index contributed by atoms with van der Waals surface area (Å²) in [5, 5.41) is 3.09. The van der Waals surface area contributed by atoms with Gasteiger partial charge in [-0.1, -0.05) is 24.3 Å². The van der Waals surface area contributed by atoms with Crippen molar-refractivity contribution in [1.82, 2.24) is 19.8 Å². The Morgan fingerprint density at radius 3 is 2.56 bits per heavy atom. The molecule has 7 nitrogen and oxygen atoms in total. The van der Waals surface area contributed by atoms with Crippen molar-refractivity contribution in [1.29, 1.82) is 0 Å². The average molecular weight is 433 g/mol. The number of nitrogens with zero attached hydrogens (tertiary/aromatic N) is 4. The number of aromatic nitrogens is 2. The fourth-order valence-electron chi connectivity index (χ4n) is 4.13. The molecular formula is C24H24FN5O2. The van der Waals surface area contributed by atoms with Crippen molar-refractivity contribution in [2.24, 2.45) is 0 Å². The van der Waals surface area contributed by atoms with E-state index in [-0.39, 0.29) is 17.8 Å². The van der Waals surface area contributed by atoms with Crippen LogP contribution in [0.5, 0.6) is 0 Å². The molecule has 0 spiro atoms. The molecule has 2 aliphatic heterocycles. The summed E-state index contributed by atoms with van der Waals surface area (Å²) in [4.78, 5) is 25.5. The number of morpholine rings is 1. The summed E-state index contributed by atoms with van der Waals surface area (Å²) in [7, 11) is 0. The molecule has 2 aliphatic rings. The number of nitrogens with one attached hydrogen (secondary N) is 1. The smallest absolute Gasteiger partial charge is 0.236 e. The lowest BCUT2D eigenvalue weighted by Crippen LogP contribution is -2.46. The number of anilines is 2. The molecule has 0 radical (unpaired) electrons. The van der Waals surface area contributed by atoms with Gasteiger partial charge in [-0.25, -0.2) is 9.37 Å². The van der Waals surface area contributed by atoms with E-state index in [0.29, 0.717) is 32.1 Å². The van der Waals surface area contributed by atoms with Crippen LogP contribution in [0.1, 0.15) is 22.9 Å². The lowest BCUT2D eigenvalue weighted by atomic mass is 10.1. The number of rotatable bonds is 5. The van der Waals surface area contributed by atoms with Crippen LogP contribution in [0.25, 0.3) is 0 Å². The normalized spacial score (nSPS) is 18.4. The van der Waals surface area contributed by atoms with Crippen LogP contribution in [0, 0.1) is 5.82 Å². The number of carbonyl (C=O) groups is 1. The molecule has 1 atom stereocenters. The predicted molar refractivity (Wildman–Crippen MR) is 118 cm³/mol. The molecule has 164 valence electrons. The van der Waals surface area contributed by atoms with E-state index in [1.807, 2.05) is 29.2 Å². The highest BCUT2D eigenvalue weighted by molar-refractivity contribution is 5.78. The molecule has 0 aliphatic carbocycles. The maximum atomic E-state index is 13.0. The van der Waals surface area contributed by atoms with Gasteiger partial charge in [-0.05, 0) is 35.4 Å². The molecule has 2 aromatic heterocycles. The van der Waals surface area contributed by atoms with Crippen LogP contribution < -0.4 is 5.32 Å². The molecule has 8 heteroatoms. The third kappa shape index (κ3) is 4.61. The Morgan fingerprint density at radius 2 is 1.88 bits per heavy atom. The van der Waals surface area contributed by atoms with Crippen LogP contribution in [0.2, 0.25) is 0 Å². The van der Waals surface area contributed by atoms with Crippen LogP contribution in [0.15, 0.2) is 60.9 Å². The maximum absolute atomic E-state index is 13.0. The molecule has 5 rings (SSSR count). The molecule has 0 unspecified atom stereocenters. The van der Waals surface area contributed by atoms with Crippen molar-refractivity contribution >= 4 is 17.4 Å². The van der Waals surface area contributed by atoms with Gasteiger partial charge in [0.25, 0.3) is 0 Å². The summed E-state index contributed by atoms with van der Waals surface area (Å²) in [6, 6.07) is 15.0. The quantitative estimate of drug-likeness (QED) is 0.666. The first-order valence-corrected chi connectivity index (χ1v) is 10.7. The van der Waals surface area contributed by atoms with E-state index < -0.39 is 0 Å². The van der Waals surface area contributed by atoms with Crippen molar-refractivity contribution in [3.05, 3.63) is 83.6 Å². The number of fused-ring (bicyclic) bond motifs is 1. The standard InChI is InChI=1S/C24H24FN5O2/c25-19-5-8-23(27-11-19)28-20-6-7-21(26-12-20)22-15-30(9-10-32-22)24(31)16-29-13-17-3-1-2-4-18(17)14-29/h1-8,11-12,22H,9-10,13-16H2,(H,27,28)/t22-/m0/s1.